The van der Waals surface area contributed by atoms with Gasteiger partial charge in [0.25, 0.3) is 0 Å². The van der Waals surface area contributed by atoms with Crippen LogP contribution in [0.4, 0.5) is 0 Å². The predicted molar refractivity (Wildman–Crippen MR) is 79.3 cm³/mol. The lowest BCUT2D eigenvalue weighted by atomic mass is 10.0. The molecule has 1 atom stereocenters. The second-order valence-electron chi connectivity index (χ2n) is 4.68. The van der Waals surface area contributed by atoms with Crippen LogP contribution in [0.15, 0.2) is 54.6 Å². The lowest BCUT2D eigenvalue weighted by molar-refractivity contribution is 0.0831. The SMILES string of the molecule is CNCCOC(c1ccccc1)c1ccc(C)cc1. The summed E-state index contributed by atoms with van der Waals surface area (Å²) in [6.07, 6.45) is 0.00940. The van der Waals surface area contributed by atoms with Crippen molar-refractivity contribution in [3.8, 4) is 0 Å². The summed E-state index contributed by atoms with van der Waals surface area (Å²) in [6.45, 7) is 3.66. The molecule has 19 heavy (non-hydrogen) atoms. The Morgan fingerprint density at radius 3 is 2.21 bits per heavy atom. The van der Waals surface area contributed by atoms with Gasteiger partial charge in [-0.05, 0) is 25.1 Å². The Kier molecular flexibility index (Phi) is 5.13. The van der Waals surface area contributed by atoms with E-state index in [1.54, 1.807) is 0 Å². The molecule has 0 heterocycles. The number of likely N-dealkylation sites (N-methyl/N-ethyl adjacent to an activating group) is 1. The van der Waals surface area contributed by atoms with Crippen LogP contribution < -0.4 is 5.32 Å². The quantitative estimate of drug-likeness (QED) is 0.799. The monoisotopic (exact) mass is 255 g/mol. The zero-order valence-corrected chi connectivity index (χ0v) is 11.6. The number of hydrogen-bond donors (Lipinski definition) is 1. The minimum absolute atomic E-state index is 0.00940. The van der Waals surface area contributed by atoms with Crippen molar-refractivity contribution >= 4 is 0 Å². The van der Waals surface area contributed by atoms with Crippen LogP contribution in [0.3, 0.4) is 0 Å². The zero-order chi connectivity index (χ0) is 13.5. The zero-order valence-electron chi connectivity index (χ0n) is 11.6. The van der Waals surface area contributed by atoms with Gasteiger partial charge in [0.1, 0.15) is 6.10 Å². The highest BCUT2D eigenvalue weighted by Gasteiger charge is 2.13. The first kappa shape index (κ1) is 13.8. The molecule has 2 rings (SSSR count). The molecule has 0 radical (unpaired) electrons. The largest absolute Gasteiger partial charge is 0.367 e. The van der Waals surface area contributed by atoms with Crippen LogP contribution in [0.5, 0.6) is 0 Å². The summed E-state index contributed by atoms with van der Waals surface area (Å²) in [5.74, 6) is 0. The van der Waals surface area contributed by atoms with Gasteiger partial charge in [0.15, 0.2) is 0 Å². The van der Waals surface area contributed by atoms with Crippen molar-refractivity contribution in [2.24, 2.45) is 0 Å². The van der Waals surface area contributed by atoms with E-state index in [9.17, 15) is 0 Å². The minimum Gasteiger partial charge on any atom is -0.367 e. The smallest absolute Gasteiger partial charge is 0.108 e. The number of aryl methyl sites for hydroxylation is 1. The maximum absolute atomic E-state index is 6.03. The van der Waals surface area contributed by atoms with Crippen LogP contribution >= 0.6 is 0 Å². The Hall–Kier alpha value is -1.64. The fourth-order valence-electron chi connectivity index (χ4n) is 2.03. The van der Waals surface area contributed by atoms with Crippen LogP contribution in [0.25, 0.3) is 0 Å². The van der Waals surface area contributed by atoms with Gasteiger partial charge in [-0.2, -0.15) is 0 Å². The first-order valence-electron chi connectivity index (χ1n) is 6.69. The highest BCUT2D eigenvalue weighted by molar-refractivity contribution is 5.31. The first-order valence-corrected chi connectivity index (χ1v) is 6.69. The third kappa shape index (κ3) is 3.91. The molecule has 2 aromatic rings. The highest BCUT2D eigenvalue weighted by Crippen LogP contribution is 2.25. The van der Waals surface area contributed by atoms with Crippen LogP contribution in [-0.4, -0.2) is 20.2 Å². The minimum atomic E-state index is 0.00940. The second kappa shape index (κ2) is 7.07. The van der Waals surface area contributed by atoms with Gasteiger partial charge in [-0.25, -0.2) is 0 Å². The second-order valence-corrected chi connectivity index (χ2v) is 4.68. The molecule has 0 amide bonds. The Morgan fingerprint density at radius 2 is 1.58 bits per heavy atom. The third-order valence-corrected chi connectivity index (χ3v) is 3.12. The summed E-state index contributed by atoms with van der Waals surface area (Å²) in [5.41, 5.74) is 3.67. The van der Waals surface area contributed by atoms with E-state index in [0.29, 0.717) is 6.61 Å². The van der Waals surface area contributed by atoms with Gasteiger partial charge >= 0.3 is 0 Å². The van der Waals surface area contributed by atoms with Crippen molar-refractivity contribution in [1.29, 1.82) is 0 Å². The Bertz CT molecular complexity index is 478. The van der Waals surface area contributed by atoms with Crippen LogP contribution in [0.2, 0.25) is 0 Å². The van der Waals surface area contributed by atoms with Gasteiger partial charge in [0.05, 0.1) is 6.61 Å². The maximum Gasteiger partial charge on any atom is 0.108 e. The average molecular weight is 255 g/mol. The Morgan fingerprint density at radius 1 is 0.947 bits per heavy atom. The summed E-state index contributed by atoms with van der Waals surface area (Å²) in [4.78, 5) is 0. The molecule has 100 valence electrons. The van der Waals surface area contributed by atoms with E-state index in [1.165, 1.54) is 16.7 Å². The van der Waals surface area contributed by atoms with E-state index in [0.717, 1.165) is 6.54 Å². The van der Waals surface area contributed by atoms with Crippen molar-refractivity contribution in [1.82, 2.24) is 5.32 Å². The molecule has 0 aliphatic rings. The van der Waals surface area contributed by atoms with Gasteiger partial charge in [-0.1, -0.05) is 60.2 Å². The van der Waals surface area contributed by atoms with Gasteiger partial charge < -0.3 is 10.1 Å². The van der Waals surface area contributed by atoms with Crippen LogP contribution in [-0.2, 0) is 4.74 Å². The van der Waals surface area contributed by atoms with Crippen LogP contribution in [0, 0.1) is 6.92 Å². The summed E-state index contributed by atoms with van der Waals surface area (Å²) in [6, 6.07) is 18.9. The van der Waals surface area contributed by atoms with E-state index in [-0.39, 0.29) is 6.10 Å². The number of hydrogen-bond acceptors (Lipinski definition) is 2. The molecule has 1 N–H and O–H groups in total. The van der Waals surface area contributed by atoms with Gasteiger partial charge in [-0.3, -0.25) is 0 Å². The Balaban J connectivity index is 2.21. The highest BCUT2D eigenvalue weighted by atomic mass is 16.5. The molecule has 2 heteroatoms. The standard InChI is InChI=1S/C17H21NO/c1-14-8-10-16(11-9-14)17(19-13-12-18-2)15-6-4-3-5-7-15/h3-11,17-18H,12-13H2,1-2H3. The molecule has 0 fully saturated rings. The molecule has 0 saturated heterocycles. The van der Waals surface area contributed by atoms with E-state index in [1.807, 2.05) is 13.1 Å². The van der Waals surface area contributed by atoms with Crippen LogP contribution in [0.1, 0.15) is 22.8 Å². The molecule has 0 aliphatic heterocycles. The number of ether oxygens (including phenoxy) is 1. The number of benzene rings is 2. The average Bonchev–Trinajstić information content (AvgIpc) is 2.46. The number of nitrogens with one attached hydrogen (secondary N) is 1. The third-order valence-electron chi connectivity index (χ3n) is 3.12. The molecular formula is C17H21NO. The van der Waals surface area contributed by atoms with Gasteiger partial charge in [0, 0.05) is 6.54 Å². The fraction of sp³-hybridized carbons (Fsp3) is 0.294. The molecule has 0 bridgehead atoms. The summed E-state index contributed by atoms with van der Waals surface area (Å²) in [7, 11) is 1.94. The summed E-state index contributed by atoms with van der Waals surface area (Å²) in [5, 5.41) is 3.11. The van der Waals surface area contributed by atoms with Crippen molar-refractivity contribution in [3.63, 3.8) is 0 Å². The molecule has 2 nitrogen and oxygen atoms in total. The predicted octanol–water partition coefficient (Wildman–Crippen LogP) is 3.32. The molecular weight excluding hydrogens is 234 g/mol. The van der Waals surface area contributed by atoms with Gasteiger partial charge in [-0.15, -0.1) is 0 Å². The lowest BCUT2D eigenvalue weighted by Gasteiger charge is -2.19. The summed E-state index contributed by atoms with van der Waals surface area (Å²) >= 11 is 0. The van der Waals surface area contributed by atoms with Crippen molar-refractivity contribution in [2.45, 2.75) is 13.0 Å². The van der Waals surface area contributed by atoms with Crippen molar-refractivity contribution in [3.05, 3.63) is 71.3 Å². The van der Waals surface area contributed by atoms with E-state index < -0.39 is 0 Å². The molecule has 0 spiro atoms. The fourth-order valence-corrected chi connectivity index (χ4v) is 2.03. The topological polar surface area (TPSA) is 21.3 Å². The van der Waals surface area contributed by atoms with E-state index in [2.05, 4.69) is 60.8 Å². The normalized spacial score (nSPS) is 12.3. The molecule has 0 aromatic heterocycles. The number of rotatable bonds is 6. The van der Waals surface area contributed by atoms with Crippen molar-refractivity contribution in [2.75, 3.05) is 20.2 Å². The molecule has 1 unspecified atom stereocenters. The summed E-state index contributed by atoms with van der Waals surface area (Å²) < 4.78 is 6.03. The van der Waals surface area contributed by atoms with E-state index in [4.69, 9.17) is 4.74 Å². The molecule has 2 aromatic carbocycles. The van der Waals surface area contributed by atoms with Crippen molar-refractivity contribution < 1.29 is 4.74 Å². The maximum atomic E-state index is 6.03. The molecule has 0 aliphatic carbocycles. The lowest BCUT2D eigenvalue weighted by Crippen LogP contribution is -2.17. The Labute approximate surface area is 115 Å². The first-order chi connectivity index (χ1) is 9.31. The van der Waals surface area contributed by atoms with Gasteiger partial charge in [0.2, 0.25) is 0 Å². The van der Waals surface area contributed by atoms with E-state index >= 15 is 0 Å². The molecule has 0 saturated carbocycles.